The molecule has 2 heterocycles. The monoisotopic (exact) mass is 387 g/mol. The lowest BCUT2D eigenvalue weighted by Crippen LogP contribution is -2.27. The summed E-state index contributed by atoms with van der Waals surface area (Å²) in [6, 6.07) is 19.5. The number of amides is 1. The van der Waals surface area contributed by atoms with Crippen molar-refractivity contribution in [1.82, 2.24) is 4.98 Å². The summed E-state index contributed by atoms with van der Waals surface area (Å²) < 4.78 is 0. The van der Waals surface area contributed by atoms with E-state index in [1.165, 1.54) is 0 Å². The van der Waals surface area contributed by atoms with Crippen molar-refractivity contribution in [1.29, 1.82) is 5.26 Å². The van der Waals surface area contributed by atoms with Crippen molar-refractivity contribution < 1.29 is 4.79 Å². The Morgan fingerprint density at radius 2 is 1.86 bits per heavy atom. The molecule has 0 N–H and O–H groups in total. The average Bonchev–Trinajstić information content (AvgIpc) is 3.10. The van der Waals surface area contributed by atoms with Crippen LogP contribution in [0.15, 0.2) is 67.0 Å². The van der Waals surface area contributed by atoms with Crippen LogP contribution in [0, 0.1) is 17.2 Å². The van der Waals surface area contributed by atoms with E-state index in [9.17, 15) is 10.1 Å². The lowest BCUT2D eigenvalue weighted by Gasteiger charge is -2.17. The fraction of sp³-hybridized carbons (Fsp3) is 0.174. The number of carbonyl (C=O) groups is 1. The molecule has 1 amide bonds. The Bertz CT molecular complexity index is 1040. The lowest BCUT2D eigenvalue weighted by atomic mass is 9.98. The second-order valence-corrected chi connectivity index (χ2v) is 7.32. The van der Waals surface area contributed by atoms with Gasteiger partial charge >= 0.3 is 0 Å². The fourth-order valence-corrected chi connectivity index (χ4v) is 3.77. The van der Waals surface area contributed by atoms with Crippen LogP contribution < -0.4 is 4.90 Å². The smallest absolute Gasteiger partial charge is 0.230 e. The van der Waals surface area contributed by atoms with E-state index >= 15 is 0 Å². The number of nitriles is 1. The first kappa shape index (κ1) is 18.2. The Kier molecular flexibility index (Phi) is 5.10. The molecule has 1 aliphatic rings. The zero-order valence-electron chi connectivity index (χ0n) is 15.2. The minimum absolute atomic E-state index is 0.00811. The molecule has 1 aliphatic heterocycles. The Hall–Kier alpha value is -3.16. The van der Waals surface area contributed by atoms with E-state index in [0.717, 1.165) is 41.8 Å². The Morgan fingerprint density at radius 1 is 1.11 bits per heavy atom. The number of rotatable bonds is 4. The van der Waals surface area contributed by atoms with Crippen molar-refractivity contribution in [2.75, 3.05) is 11.4 Å². The van der Waals surface area contributed by atoms with Gasteiger partial charge in [-0.05, 0) is 54.3 Å². The molecule has 3 aromatic rings. The van der Waals surface area contributed by atoms with Crippen LogP contribution in [0.2, 0.25) is 5.02 Å². The molecule has 0 bridgehead atoms. The summed E-state index contributed by atoms with van der Waals surface area (Å²) in [7, 11) is 0. The molecule has 1 aromatic heterocycles. The summed E-state index contributed by atoms with van der Waals surface area (Å²) in [4.78, 5) is 18.7. The maximum Gasteiger partial charge on any atom is 0.230 e. The Labute approximate surface area is 169 Å². The van der Waals surface area contributed by atoms with Crippen LogP contribution >= 0.6 is 11.6 Å². The van der Waals surface area contributed by atoms with Crippen LogP contribution in [0.25, 0.3) is 11.1 Å². The highest BCUT2D eigenvalue weighted by Gasteiger charge is 2.32. The van der Waals surface area contributed by atoms with E-state index in [0.29, 0.717) is 10.6 Å². The van der Waals surface area contributed by atoms with E-state index in [4.69, 9.17) is 11.6 Å². The van der Waals surface area contributed by atoms with E-state index in [-0.39, 0.29) is 11.8 Å². The lowest BCUT2D eigenvalue weighted by molar-refractivity contribution is -0.120. The van der Waals surface area contributed by atoms with Crippen molar-refractivity contribution in [2.45, 2.75) is 12.8 Å². The highest BCUT2D eigenvalue weighted by molar-refractivity contribution is 6.30. The molecule has 2 aromatic carbocycles. The van der Waals surface area contributed by atoms with Crippen LogP contribution in [-0.4, -0.2) is 17.4 Å². The van der Waals surface area contributed by atoms with Gasteiger partial charge in [-0.3, -0.25) is 9.78 Å². The molecule has 0 aliphatic carbocycles. The molecule has 0 spiro atoms. The third-order valence-corrected chi connectivity index (χ3v) is 5.40. The van der Waals surface area contributed by atoms with Crippen LogP contribution in [0.3, 0.4) is 0 Å². The standard InChI is InChI=1S/C23H18ClN3O/c24-20-5-1-16(2-6-20)13-18-10-12-27(23(18)28)21-7-3-17(4-8-21)22-9-11-26-15-19(22)14-25/h1-9,11,15,18H,10,12-13H2. The normalized spacial score (nSPS) is 16.2. The van der Waals surface area contributed by atoms with Gasteiger partial charge in [-0.1, -0.05) is 35.9 Å². The summed E-state index contributed by atoms with van der Waals surface area (Å²) in [6.45, 7) is 0.717. The van der Waals surface area contributed by atoms with Gasteiger partial charge in [0.15, 0.2) is 0 Å². The highest BCUT2D eigenvalue weighted by atomic mass is 35.5. The zero-order chi connectivity index (χ0) is 19.5. The molecule has 0 radical (unpaired) electrons. The number of pyridine rings is 1. The van der Waals surface area contributed by atoms with E-state index < -0.39 is 0 Å². The van der Waals surface area contributed by atoms with Crippen molar-refractivity contribution >= 4 is 23.2 Å². The fourth-order valence-electron chi connectivity index (χ4n) is 3.65. The van der Waals surface area contributed by atoms with E-state index in [1.54, 1.807) is 12.4 Å². The number of anilines is 1. The molecule has 4 nitrogen and oxygen atoms in total. The van der Waals surface area contributed by atoms with E-state index in [1.807, 2.05) is 59.5 Å². The molecule has 0 saturated carbocycles. The molecule has 5 heteroatoms. The third kappa shape index (κ3) is 3.62. The molecule has 1 unspecified atom stereocenters. The summed E-state index contributed by atoms with van der Waals surface area (Å²) >= 11 is 5.94. The van der Waals surface area contributed by atoms with Crippen molar-refractivity contribution in [3.05, 3.63) is 83.1 Å². The van der Waals surface area contributed by atoms with Gasteiger partial charge < -0.3 is 4.90 Å². The number of hydrogen-bond donors (Lipinski definition) is 0. The van der Waals surface area contributed by atoms with Crippen LogP contribution in [0.5, 0.6) is 0 Å². The zero-order valence-corrected chi connectivity index (χ0v) is 15.9. The third-order valence-electron chi connectivity index (χ3n) is 5.14. The number of carbonyl (C=O) groups excluding carboxylic acids is 1. The number of nitrogens with zero attached hydrogens (tertiary/aromatic N) is 3. The maximum atomic E-state index is 12.9. The second-order valence-electron chi connectivity index (χ2n) is 6.89. The number of aromatic nitrogens is 1. The maximum absolute atomic E-state index is 12.9. The Morgan fingerprint density at radius 3 is 2.57 bits per heavy atom. The molecule has 1 fully saturated rings. The van der Waals surface area contributed by atoms with Gasteiger partial charge in [0.05, 0.1) is 5.56 Å². The largest absolute Gasteiger partial charge is 0.312 e. The van der Waals surface area contributed by atoms with Crippen molar-refractivity contribution in [2.24, 2.45) is 5.92 Å². The molecule has 138 valence electrons. The van der Waals surface area contributed by atoms with Gasteiger partial charge in [-0.25, -0.2) is 0 Å². The molecule has 1 saturated heterocycles. The van der Waals surface area contributed by atoms with Crippen molar-refractivity contribution in [3.63, 3.8) is 0 Å². The average molecular weight is 388 g/mol. The molecule has 1 atom stereocenters. The number of halogens is 1. The topological polar surface area (TPSA) is 57.0 Å². The molecule has 4 rings (SSSR count). The molecule has 28 heavy (non-hydrogen) atoms. The predicted octanol–water partition coefficient (Wildman–Crippen LogP) is 4.87. The first-order valence-electron chi connectivity index (χ1n) is 9.16. The highest BCUT2D eigenvalue weighted by Crippen LogP contribution is 2.30. The molecular weight excluding hydrogens is 370 g/mol. The van der Waals surface area contributed by atoms with Gasteiger partial charge in [0, 0.05) is 41.1 Å². The Balaban J connectivity index is 1.50. The van der Waals surface area contributed by atoms with Gasteiger partial charge in [0.2, 0.25) is 5.91 Å². The number of hydrogen-bond acceptors (Lipinski definition) is 3. The minimum atomic E-state index is -0.00811. The quantitative estimate of drug-likeness (QED) is 0.641. The van der Waals surface area contributed by atoms with Gasteiger partial charge in [0.25, 0.3) is 0 Å². The first-order valence-corrected chi connectivity index (χ1v) is 9.54. The SMILES string of the molecule is N#Cc1cnccc1-c1ccc(N2CCC(Cc3ccc(Cl)cc3)C2=O)cc1. The van der Waals surface area contributed by atoms with Gasteiger partial charge in [0.1, 0.15) is 6.07 Å². The van der Waals surface area contributed by atoms with Crippen LogP contribution in [0.1, 0.15) is 17.5 Å². The van der Waals surface area contributed by atoms with Crippen molar-refractivity contribution in [3.8, 4) is 17.2 Å². The summed E-state index contributed by atoms with van der Waals surface area (Å²) in [6.07, 6.45) is 4.81. The predicted molar refractivity (Wildman–Crippen MR) is 110 cm³/mol. The summed E-state index contributed by atoms with van der Waals surface area (Å²) in [5.41, 5.74) is 4.33. The first-order chi connectivity index (χ1) is 13.7. The van der Waals surface area contributed by atoms with Gasteiger partial charge in [-0.2, -0.15) is 5.26 Å². The minimum Gasteiger partial charge on any atom is -0.312 e. The van der Waals surface area contributed by atoms with Gasteiger partial charge in [-0.15, -0.1) is 0 Å². The summed E-state index contributed by atoms with van der Waals surface area (Å²) in [5.74, 6) is 0.149. The molecular formula is C23H18ClN3O. The second kappa shape index (κ2) is 7.84. The van der Waals surface area contributed by atoms with Crippen LogP contribution in [0.4, 0.5) is 5.69 Å². The summed E-state index contributed by atoms with van der Waals surface area (Å²) in [5, 5.41) is 9.96. The van der Waals surface area contributed by atoms with Crippen LogP contribution in [-0.2, 0) is 11.2 Å². The number of benzene rings is 2. The van der Waals surface area contributed by atoms with E-state index in [2.05, 4.69) is 11.1 Å².